The molecular weight excluding hydrogens is 172 g/mol. The van der Waals surface area contributed by atoms with E-state index in [0.29, 0.717) is 6.04 Å². The summed E-state index contributed by atoms with van der Waals surface area (Å²) in [5.74, 6) is 0.929. The third-order valence-corrected chi connectivity index (χ3v) is 3.68. The fraction of sp³-hybridized carbons (Fsp3) is 1.00. The highest BCUT2D eigenvalue weighted by molar-refractivity contribution is 4.80. The van der Waals surface area contributed by atoms with E-state index in [1.807, 2.05) is 7.05 Å². The molecule has 0 bridgehead atoms. The fourth-order valence-electron chi connectivity index (χ4n) is 2.57. The summed E-state index contributed by atoms with van der Waals surface area (Å²) in [5.41, 5.74) is 0. The maximum atomic E-state index is 3.26. The van der Waals surface area contributed by atoms with Crippen LogP contribution in [0.3, 0.4) is 0 Å². The molecule has 1 saturated carbocycles. The number of hydrogen-bond acceptors (Lipinski definition) is 2. The van der Waals surface area contributed by atoms with Gasteiger partial charge in [-0.25, -0.2) is 0 Å². The summed E-state index contributed by atoms with van der Waals surface area (Å²) in [5, 5.41) is 3.26. The van der Waals surface area contributed by atoms with Gasteiger partial charge in [0.1, 0.15) is 0 Å². The zero-order valence-corrected chi connectivity index (χ0v) is 10.2. The van der Waals surface area contributed by atoms with E-state index >= 15 is 0 Å². The van der Waals surface area contributed by atoms with E-state index in [2.05, 4.69) is 31.1 Å². The highest BCUT2D eigenvalue weighted by Gasteiger charge is 2.24. The number of likely N-dealkylation sites (N-methyl/N-ethyl adjacent to an activating group) is 2. The Labute approximate surface area is 89.1 Å². The van der Waals surface area contributed by atoms with E-state index < -0.39 is 0 Å². The lowest BCUT2D eigenvalue weighted by atomic mass is 9.86. The summed E-state index contributed by atoms with van der Waals surface area (Å²) in [4.78, 5) is 2.56. The maximum Gasteiger partial charge on any atom is 0.0192 e. The number of nitrogens with zero attached hydrogens (tertiary/aromatic N) is 1. The number of rotatable bonds is 4. The normalized spacial score (nSPS) is 30.6. The lowest BCUT2D eigenvalue weighted by Crippen LogP contribution is -2.44. The maximum absolute atomic E-state index is 3.26. The second-order valence-corrected chi connectivity index (χ2v) is 5.00. The molecule has 0 aromatic rings. The predicted octanol–water partition coefficient (Wildman–Crippen LogP) is 2.10. The van der Waals surface area contributed by atoms with Crippen LogP contribution >= 0.6 is 0 Å². The van der Waals surface area contributed by atoms with Crippen molar-refractivity contribution >= 4 is 0 Å². The van der Waals surface area contributed by atoms with E-state index in [4.69, 9.17) is 0 Å². The third kappa shape index (κ3) is 3.25. The number of hydrogen-bond donors (Lipinski definition) is 1. The quantitative estimate of drug-likeness (QED) is 0.744. The molecule has 0 aromatic carbocycles. The average Bonchev–Trinajstić information content (AvgIpc) is 2.17. The summed E-state index contributed by atoms with van der Waals surface area (Å²) < 4.78 is 0. The molecule has 1 rings (SSSR count). The van der Waals surface area contributed by atoms with Gasteiger partial charge in [0, 0.05) is 18.6 Å². The molecule has 84 valence electrons. The Hall–Kier alpha value is -0.0800. The molecule has 3 unspecified atom stereocenters. The van der Waals surface area contributed by atoms with Crippen LogP contribution in [0.4, 0.5) is 0 Å². The Bertz CT molecular complexity index is 158. The topological polar surface area (TPSA) is 15.3 Å². The minimum Gasteiger partial charge on any atom is -0.318 e. The first kappa shape index (κ1) is 12.0. The standard InChI is InChI=1S/C12H26N2/c1-10-6-5-7-12(8-10)14(4)11(2)9-13-3/h10-13H,5-9H2,1-4H3. The van der Waals surface area contributed by atoms with Gasteiger partial charge in [-0.15, -0.1) is 0 Å². The predicted molar refractivity (Wildman–Crippen MR) is 62.6 cm³/mol. The lowest BCUT2D eigenvalue weighted by Gasteiger charge is -2.37. The van der Waals surface area contributed by atoms with Crippen LogP contribution in [-0.2, 0) is 0 Å². The first-order valence-electron chi connectivity index (χ1n) is 6.01. The summed E-state index contributed by atoms with van der Waals surface area (Å²) in [6.45, 7) is 5.81. The Morgan fingerprint density at radius 3 is 2.71 bits per heavy atom. The van der Waals surface area contributed by atoms with Crippen molar-refractivity contribution in [1.29, 1.82) is 0 Å². The SMILES string of the molecule is CNCC(C)N(C)C1CCCC(C)C1. The van der Waals surface area contributed by atoms with Crippen LogP contribution in [0.2, 0.25) is 0 Å². The number of nitrogens with one attached hydrogen (secondary N) is 1. The van der Waals surface area contributed by atoms with E-state index in [1.165, 1.54) is 25.7 Å². The van der Waals surface area contributed by atoms with Gasteiger partial charge in [-0.3, -0.25) is 4.90 Å². The molecule has 0 aliphatic heterocycles. The van der Waals surface area contributed by atoms with Gasteiger partial charge in [-0.1, -0.05) is 19.8 Å². The van der Waals surface area contributed by atoms with Gasteiger partial charge in [0.25, 0.3) is 0 Å². The Morgan fingerprint density at radius 2 is 2.14 bits per heavy atom. The monoisotopic (exact) mass is 198 g/mol. The van der Waals surface area contributed by atoms with Gasteiger partial charge < -0.3 is 5.32 Å². The molecule has 1 aliphatic rings. The minimum atomic E-state index is 0.662. The molecular formula is C12H26N2. The highest BCUT2D eigenvalue weighted by Crippen LogP contribution is 2.27. The van der Waals surface area contributed by atoms with E-state index in [9.17, 15) is 0 Å². The van der Waals surface area contributed by atoms with E-state index in [0.717, 1.165) is 18.5 Å². The second-order valence-electron chi connectivity index (χ2n) is 5.00. The van der Waals surface area contributed by atoms with Gasteiger partial charge in [0.2, 0.25) is 0 Å². The molecule has 0 saturated heterocycles. The fourth-order valence-corrected chi connectivity index (χ4v) is 2.57. The Balaban J connectivity index is 2.38. The first-order chi connectivity index (χ1) is 6.65. The summed E-state index contributed by atoms with van der Waals surface area (Å²) >= 11 is 0. The summed E-state index contributed by atoms with van der Waals surface area (Å²) in [6, 6.07) is 1.48. The van der Waals surface area contributed by atoms with Crippen LogP contribution in [0.15, 0.2) is 0 Å². The van der Waals surface area contributed by atoms with Crippen LogP contribution in [0.1, 0.15) is 39.5 Å². The molecule has 0 amide bonds. The van der Waals surface area contributed by atoms with Crippen LogP contribution in [-0.4, -0.2) is 37.6 Å². The van der Waals surface area contributed by atoms with Gasteiger partial charge >= 0.3 is 0 Å². The molecule has 1 N–H and O–H groups in total. The second kappa shape index (κ2) is 5.72. The van der Waals surface area contributed by atoms with E-state index in [1.54, 1.807) is 0 Å². The third-order valence-electron chi connectivity index (χ3n) is 3.68. The van der Waals surface area contributed by atoms with Gasteiger partial charge in [0.15, 0.2) is 0 Å². The molecule has 1 aliphatic carbocycles. The minimum absolute atomic E-state index is 0.662. The largest absolute Gasteiger partial charge is 0.318 e. The molecule has 3 atom stereocenters. The van der Waals surface area contributed by atoms with Crippen molar-refractivity contribution < 1.29 is 0 Å². The molecule has 14 heavy (non-hydrogen) atoms. The van der Waals surface area contributed by atoms with Crippen molar-refractivity contribution in [3.8, 4) is 0 Å². The molecule has 0 radical (unpaired) electrons. The van der Waals surface area contributed by atoms with Crippen molar-refractivity contribution in [1.82, 2.24) is 10.2 Å². The van der Waals surface area contributed by atoms with Gasteiger partial charge in [-0.2, -0.15) is 0 Å². The van der Waals surface area contributed by atoms with Crippen LogP contribution in [0.25, 0.3) is 0 Å². The van der Waals surface area contributed by atoms with E-state index in [-0.39, 0.29) is 0 Å². The molecule has 2 nitrogen and oxygen atoms in total. The first-order valence-corrected chi connectivity index (χ1v) is 6.01. The molecule has 0 heterocycles. The summed E-state index contributed by atoms with van der Waals surface area (Å²) in [7, 11) is 4.32. The van der Waals surface area contributed by atoms with Crippen molar-refractivity contribution in [2.75, 3.05) is 20.6 Å². The highest BCUT2D eigenvalue weighted by atomic mass is 15.2. The summed E-state index contributed by atoms with van der Waals surface area (Å²) in [6.07, 6.45) is 5.65. The van der Waals surface area contributed by atoms with Crippen LogP contribution in [0.5, 0.6) is 0 Å². The zero-order valence-electron chi connectivity index (χ0n) is 10.2. The van der Waals surface area contributed by atoms with Crippen molar-refractivity contribution in [3.63, 3.8) is 0 Å². The molecule has 1 fully saturated rings. The average molecular weight is 198 g/mol. The Morgan fingerprint density at radius 1 is 1.43 bits per heavy atom. The van der Waals surface area contributed by atoms with Crippen LogP contribution in [0, 0.1) is 5.92 Å². The van der Waals surface area contributed by atoms with Gasteiger partial charge in [-0.05, 0) is 39.8 Å². The van der Waals surface area contributed by atoms with Crippen molar-refractivity contribution in [3.05, 3.63) is 0 Å². The Kier molecular flexibility index (Phi) is 4.90. The van der Waals surface area contributed by atoms with Crippen molar-refractivity contribution in [2.24, 2.45) is 5.92 Å². The lowest BCUT2D eigenvalue weighted by molar-refractivity contribution is 0.125. The molecule has 2 heteroatoms. The van der Waals surface area contributed by atoms with Crippen molar-refractivity contribution in [2.45, 2.75) is 51.6 Å². The molecule has 0 spiro atoms. The van der Waals surface area contributed by atoms with Gasteiger partial charge in [0.05, 0.1) is 0 Å². The smallest absolute Gasteiger partial charge is 0.0192 e. The zero-order chi connectivity index (χ0) is 10.6. The van der Waals surface area contributed by atoms with Crippen LogP contribution < -0.4 is 5.32 Å². The molecule has 0 aromatic heterocycles.